The van der Waals surface area contributed by atoms with Gasteiger partial charge in [0, 0.05) is 7.05 Å². The largest absolute Gasteiger partial charge is 0.455 e. The fourth-order valence-electron chi connectivity index (χ4n) is 3.75. The summed E-state index contributed by atoms with van der Waals surface area (Å²) < 4.78 is 7.13. The lowest BCUT2D eigenvalue weighted by atomic mass is 9.79. The zero-order valence-electron chi connectivity index (χ0n) is 15.5. The number of aryl methyl sites for hydroxylation is 2. The summed E-state index contributed by atoms with van der Waals surface area (Å²) >= 11 is 0. The molecule has 0 saturated heterocycles. The molecule has 26 heavy (non-hydrogen) atoms. The normalized spacial score (nSPS) is 15.7. The van der Waals surface area contributed by atoms with Crippen LogP contribution in [0.25, 0.3) is 0 Å². The summed E-state index contributed by atoms with van der Waals surface area (Å²) in [6, 6.07) is 9.74. The first kappa shape index (κ1) is 18.2. The minimum Gasteiger partial charge on any atom is -0.455 e. The lowest BCUT2D eigenvalue weighted by Gasteiger charge is -2.27. The van der Waals surface area contributed by atoms with E-state index in [0.717, 1.165) is 42.6 Å². The average molecular weight is 355 g/mol. The highest BCUT2D eigenvalue weighted by molar-refractivity contribution is 5.94. The Balaban J connectivity index is 1.66. The topological polar surface area (TPSA) is 73.2 Å². The van der Waals surface area contributed by atoms with Crippen molar-refractivity contribution in [2.45, 2.75) is 44.9 Å². The Labute approximate surface area is 153 Å². The van der Waals surface area contributed by atoms with Gasteiger partial charge < -0.3 is 10.1 Å². The molecule has 1 aliphatic rings. The molecule has 1 aromatic heterocycles. The summed E-state index contributed by atoms with van der Waals surface area (Å²) in [4.78, 5) is 25.1. The molecule has 6 nitrogen and oxygen atoms in total. The van der Waals surface area contributed by atoms with Crippen molar-refractivity contribution in [3.8, 4) is 0 Å². The number of ether oxygens (including phenoxy) is 1. The number of esters is 1. The molecule has 1 saturated carbocycles. The summed E-state index contributed by atoms with van der Waals surface area (Å²) in [5.74, 6) is -0.658. The highest BCUT2D eigenvalue weighted by atomic mass is 16.5. The van der Waals surface area contributed by atoms with Gasteiger partial charge in [0.1, 0.15) is 0 Å². The lowest BCUT2D eigenvalue weighted by Crippen LogP contribution is -2.36. The number of carbonyl (C=O) groups excluding carboxylic acids is 2. The molecule has 1 aromatic carbocycles. The zero-order chi connectivity index (χ0) is 18.7. The molecule has 0 spiro atoms. The number of carbonyl (C=O) groups is 2. The van der Waals surface area contributed by atoms with Crippen LogP contribution in [0.2, 0.25) is 0 Å². The molecule has 1 amide bonds. The molecule has 3 rings (SSSR count). The number of nitrogens with one attached hydrogen (secondary N) is 1. The van der Waals surface area contributed by atoms with Gasteiger partial charge in [-0.25, -0.2) is 0 Å². The van der Waals surface area contributed by atoms with Gasteiger partial charge in [0.2, 0.25) is 0 Å². The Kier molecular flexibility index (Phi) is 5.11. The van der Waals surface area contributed by atoms with Crippen LogP contribution in [-0.4, -0.2) is 28.3 Å². The third kappa shape index (κ3) is 3.36. The number of hydrogen-bond acceptors (Lipinski definition) is 4. The van der Waals surface area contributed by atoms with Crippen LogP contribution in [0.5, 0.6) is 0 Å². The standard InChI is InChI=1S/C20H25N3O3/c1-14-18(15(2)23(3)22-14)21-17(24)13-26-19(25)20(11-7-8-12-20)16-9-5-4-6-10-16/h4-6,9-10H,7-8,11-13H2,1-3H3,(H,21,24). The van der Waals surface area contributed by atoms with Crippen LogP contribution in [0.3, 0.4) is 0 Å². The van der Waals surface area contributed by atoms with Gasteiger partial charge in [-0.05, 0) is 32.3 Å². The van der Waals surface area contributed by atoms with Gasteiger partial charge in [0.15, 0.2) is 6.61 Å². The maximum Gasteiger partial charge on any atom is 0.317 e. The van der Waals surface area contributed by atoms with E-state index in [2.05, 4.69) is 10.4 Å². The van der Waals surface area contributed by atoms with Crippen LogP contribution < -0.4 is 5.32 Å². The van der Waals surface area contributed by atoms with Crippen molar-refractivity contribution in [3.05, 3.63) is 47.3 Å². The minimum atomic E-state index is -0.623. The van der Waals surface area contributed by atoms with Gasteiger partial charge in [0.25, 0.3) is 5.91 Å². The molecule has 1 aliphatic carbocycles. The summed E-state index contributed by atoms with van der Waals surface area (Å²) in [5, 5.41) is 7.06. The fourth-order valence-corrected chi connectivity index (χ4v) is 3.75. The second-order valence-corrected chi connectivity index (χ2v) is 6.95. The lowest BCUT2D eigenvalue weighted by molar-refractivity contribution is -0.153. The van der Waals surface area contributed by atoms with Gasteiger partial charge in [-0.1, -0.05) is 43.2 Å². The number of rotatable bonds is 5. The summed E-state index contributed by atoms with van der Waals surface area (Å²) in [5.41, 5.74) is 2.62. The van der Waals surface area contributed by atoms with E-state index in [-0.39, 0.29) is 18.5 Å². The molecule has 1 heterocycles. The van der Waals surface area contributed by atoms with E-state index in [1.165, 1.54) is 0 Å². The third-order valence-electron chi connectivity index (χ3n) is 5.28. The Morgan fingerprint density at radius 2 is 1.85 bits per heavy atom. The van der Waals surface area contributed by atoms with Gasteiger partial charge in [0.05, 0.1) is 22.5 Å². The molecule has 1 fully saturated rings. The Hall–Kier alpha value is -2.63. The van der Waals surface area contributed by atoms with Gasteiger partial charge in [-0.15, -0.1) is 0 Å². The molecular weight excluding hydrogens is 330 g/mol. The van der Waals surface area contributed by atoms with Crippen molar-refractivity contribution in [2.75, 3.05) is 11.9 Å². The quantitative estimate of drug-likeness (QED) is 0.837. The molecule has 2 aromatic rings. The van der Waals surface area contributed by atoms with Crippen molar-refractivity contribution >= 4 is 17.6 Å². The van der Waals surface area contributed by atoms with Gasteiger partial charge >= 0.3 is 5.97 Å². The van der Waals surface area contributed by atoms with E-state index in [1.807, 2.05) is 51.2 Å². The van der Waals surface area contributed by atoms with Crippen LogP contribution in [-0.2, 0) is 26.8 Å². The molecule has 138 valence electrons. The maximum absolute atomic E-state index is 12.8. The van der Waals surface area contributed by atoms with Crippen LogP contribution in [0.15, 0.2) is 30.3 Å². The minimum absolute atomic E-state index is 0.290. The first-order valence-electron chi connectivity index (χ1n) is 8.97. The van der Waals surface area contributed by atoms with Crippen molar-refractivity contribution in [1.82, 2.24) is 9.78 Å². The van der Waals surface area contributed by atoms with Crippen LogP contribution in [0.1, 0.15) is 42.6 Å². The van der Waals surface area contributed by atoms with Crippen LogP contribution >= 0.6 is 0 Å². The first-order valence-corrected chi connectivity index (χ1v) is 8.97. The Morgan fingerprint density at radius 1 is 1.19 bits per heavy atom. The average Bonchev–Trinajstić information content (AvgIpc) is 3.23. The predicted octanol–water partition coefficient (Wildman–Crippen LogP) is 3.03. The number of amides is 1. The highest BCUT2D eigenvalue weighted by Gasteiger charge is 2.44. The number of nitrogens with zero attached hydrogens (tertiary/aromatic N) is 2. The molecule has 0 aliphatic heterocycles. The van der Waals surface area contributed by atoms with Crippen LogP contribution in [0.4, 0.5) is 5.69 Å². The first-order chi connectivity index (χ1) is 12.4. The molecular formula is C20H25N3O3. The van der Waals surface area contributed by atoms with Crippen molar-refractivity contribution in [3.63, 3.8) is 0 Å². The van der Waals surface area contributed by atoms with E-state index in [1.54, 1.807) is 4.68 Å². The zero-order valence-corrected chi connectivity index (χ0v) is 15.5. The number of hydrogen-bond donors (Lipinski definition) is 1. The second kappa shape index (κ2) is 7.32. The predicted molar refractivity (Wildman–Crippen MR) is 98.9 cm³/mol. The van der Waals surface area contributed by atoms with E-state index in [9.17, 15) is 9.59 Å². The van der Waals surface area contributed by atoms with E-state index < -0.39 is 5.41 Å². The second-order valence-electron chi connectivity index (χ2n) is 6.95. The summed E-state index contributed by atoms with van der Waals surface area (Å²) in [7, 11) is 1.82. The van der Waals surface area contributed by atoms with Crippen molar-refractivity contribution in [2.24, 2.45) is 7.05 Å². The van der Waals surface area contributed by atoms with E-state index >= 15 is 0 Å². The molecule has 6 heteroatoms. The third-order valence-corrected chi connectivity index (χ3v) is 5.28. The van der Waals surface area contributed by atoms with Crippen molar-refractivity contribution in [1.29, 1.82) is 0 Å². The van der Waals surface area contributed by atoms with E-state index in [0.29, 0.717) is 5.69 Å². The van der Waals surface area contributed by atoms with E-state index in [4.69, 9.17) is 4.74 Å². The van der Waals surface area contributed by atoms with Crippen LogP contribution in [0, 0.1) is 13.8 Å². The Morgan fingerprint density at radius 3 is 2.42 bits per heavy atom. The van der Waals surface area contributed by atoms with Gasteiger partial charge in [-0.3, -0.25) is 14.3 Å². The van der Waals surface area contributed by atoms with Crippen molar-refractivity contribution < 1.29 is 14.3 Å². The maximum atomic E-state index is 12.8. The molecule has 0 unspecified atom stereocenters. The molecule has 0 bridgehead atoms. The smallest absolute Gasteiger partial charge is 0.317 e. The number of aromatic nitrogens is 2. The van der Waals surface area contributed by atoms with Gasteiger partial charge in [-0.2, -0.15) is 5.10 Å². The summed E-state index contributed by atoms with van der Waals surface area (Å²) in [6.07, 6.45) is 3.51. The fraction of sp³-hybridized carbons (Fsp3) is 0.450. The number of anilines is 1. The molecule has 0 atom stereocenters. The molecule has 0 radical (unpaired) electrons. The highest BCUT2D eigenvalue weighted by Crippen LogP contribution is 2.42. The Bertz CT molecular complexity index is 805. The monoisotopic (exact) mass is 355 g/mol. The summed E-state index contributed by atoms with van der Waals surface area (Å²) in [6.45, 7) is 3.42. The SMILES string of the molecule is Cc1nn(C)c(C)c1NC(=O)COC(=O)C1(c2ccccc2)CCCC1. The number of benzene rings is 1. The molecule has 1 N–H and O–H groups in total.